The van der Waals surface area contributed by atoms with E-state index in [0.717, 1.165) is 11.6 Å². The molecule has 0 aliphatic carbocycles. The van der Waals surface area contributed by atoms with Gasteiger partial charge in [-0.3, -0.25) is 0 Å². The summed E-state index contributed by atoms with van der Waals surface area (Å²) in [6, 6.07) is 13.4. The lowest BCUT2D eigenvalue weighted by Crippen LogP contribution is -2.44. The summed E-state index contributed by atoms with van der Waals surface area (Å²) in [5.41, 5.74) is 1.42. The van der Waals surface area contributed by atoms with Crippen molar-refractivity contribution in [1.29, 1.82) is 0 Å². The fraction of sp³-hybridized carbons (Fsp3) is 0.538. The van der Waals surface area contributed by atoms with Crippen LogP contribution in [0.25, 0.3) is 0 Å². The summed E-state index contributed by atoms with van der Waals surface area (Å²) >= 11 is 0. The molecule has 6 nitrogen and oxygen atoms in total. The lowest BCUT2D eigenvalue weighted by atomic mass is 9.76. The highest BCUT2D eigenvalue weighted by Gasteiger charge is 2.44. The number of alkyl halides is 3. The summed E-state index contributed by atoms with van der Waals surface area (Å²) in [5, 5.41) is 3.45. The molecule has 0 saturated carbocycles. The number of sulfonamides is 1. The largest absolute Gasteiger partial charge is 0.416 e. The van der Waals surface area contributed by atoms with Gasteiger partial charge in [0.1, 0.15) is 0 Å². The Balaban J connectivity index is 1.57. The molecule has 2 aliphatic heterocycles. The Morgan fingerprint density at radius 1 is 1.06 bits per heavy atom. The molecule has 1 N–H and O–H groups in total. The van der Waals surface area contributed by atoms with E-state index in [1.165, 1.54) is 16.4 Å². The number of likely N-dealkylation sites (N-methyl/N-ethyl adjacent to an activating group) is 1. The second-order valence-corrected chi connectivity index (χ2v) is 12.2. The van der Waals surface area contributed by atoms with Crippen LogP contribution in [-0.2, 0) is 20.9 Å². The number of anilines is 1. The van der Waals surface area contributed by atoms with E-state index in [-0.39, 0.29) is 24.3 Å². The first-order valence-corrected chi connectivity index (χ1v) is 13.8. The van der Waals surface area contributed by atoms with Crippen molar-refractivity contribution in [1.82, 2.24) is 9.21 Å². The molecule has 2 aromatic rings. The van der Waals surface area contributed by atoms with Gasteiger partial charge in [-0.25, -0.2) is 12.7 Å². The highest BCUT2D eigenvalue weighted by atomic mass is 32.2. The number of nitrogens with zero attached hydrogens (tertiary/aromatic N) is 2. The molecule has 0 unspecified atom stereocenters. The molecule has 10 heteroatoms. The molecule has 1 fully saturated rings. The quantitative estimate of drug-likeness (QED) is 0.530. The molecule has 4 atom stereocenters. The number of ether oxygens (including phenoxy) is 1. The van der Waals surface area contributed by atoms with E-state index >= 15 is 0 Å². The molecule has 4 rings (SSSR count). The van der Waals surface area contributed by atoms with Crippen LogP contribution >= 0.6 is 0 Å². The van der Waals surface area contributed by atoms with E-state index in [0.29, 0.717) is 37.1 Å². The van der Waals surface area contributed by atoms with Crippen LogP contribution in [0, 0.1) is 5.92 Å². The van der Waals surface area contributed by atoms with Gasteiger partial charge in [-0.15, -0.1) is 0 Å². The molecule has 2 aliphatic rings. The Morgan fingerprint density at radius 2 is 1.78 bits per heavy atom. The van der Waals surface area contributed by atoms with Crippen LogP contribution in [0.1, 0.15) is 48.1 Å². The number of benzene rings is 2. The van der Waals surface area contributed by atoms with E-state index in [9.17, 15) is 21.6 Å². The zero-order valence-corrected chi connectivity index (χ0v) is 21.6. The highest BCUT2D eigenvalue weighted by molar-refractivity contribution is 7.89. The Bertz CT molecular complexity index is 1140. The van der Waals surface area contributed by atoms with Gasteiger partial charge in [0.2, 0.25) is 10.0 Å². The van der Waals surface area contributed by atoms with Crippen molar-refractivity contribution in [2.45, 2.75) is 43.7 Å². The number of nitrogens with one attached hydrogen (secondary N) is 1. The number of halogens is 3. The van der Waals surface area contributed by atoms with Crippen molar-refractivity contribution in [3.8, 4) is 0 Å². The SMILES string of the molecule is CN(C)CCCS(=O)(=O)N(C)C[C@H]1CC[C@@H]2[C@H](O1)c1cc(C(F)(F)F)ccc1N[C@H]2c1ccccc1. The maximum Gasteiger partial charge on any atom is 0.416 e. The third kappa shape index (κ3) is 6.04. The Hall–Kier alpha value is -2.14. The van der Waals surface area contributed by atoms with E-state index < -0.39 is 34.0 Å². The lowest BCUT2D eigenvalue weighted by molar-refractivity contribution is -0.138. The number of hydrogen-bond donors (Lipinski definition) is 1. The molecule has 0 amide bonds. The zero-order chi connectivity index (χ0) is 26.1. The van der Waals surface area contributed by atoms with Gasteiger partial charge in [-0.2, -0.15) is 13.2 Å². The van der Waals surface area contributed by atoms with Crippen LogP contribution in [-0.4, -0.2) is 63.7 Å². The molecular weight excluding hydrogens is 491 g/mol. The van der Waals surface area contributed by atoms with Gasteiger partial charge in [0.05, 0.1) is 29.6 Å². The van der Waals surface area contributed by atoms with Gasteiger partial charge in [-0.05, 0) is 63.7 Å². The van der Waals surface area contributed by atoms with Crippen molar-refractivity contribution in [2.75, 3.05) is 45.3 Å². The highest BCUT2D eigenvalue weighted by Crippen LogP contribution is 2.51. The maximum absolute atomic E-state index is 13.5. The minimum atomic E-state index is -4.46. The van der Waals surface area contributed by atoms with Gasteiger partial charge in [0.25, 0.3) is 0 Å². The van der Waals surface area contributed by atoms with Crippen molar-refractivity contribution in [2.24, 2.45) is 5.92 Å². The Kier molecular flexibility index (Phi) is 7.99. The number of hydrogen-bond acceptors (Lipinski definition) is 5. The number of fused-ring (bicyclic) bond motifs is 3. The van der Waals surface area contributed by atoms with Crippen molar-refractivity contribution >= 4 is 15.7 Å². The molecule has 0 bridgehead atoms. The maximum atomic E-state index is 13.5. The minimum Gasteiger partial charge on any atom is -0.378 e. The molecule has 0 radical (unpaired) electrons. The summed E-state index contributed by atoms with van der Waals surface area (Å²) in [6.07, 6.45) is -3.59. The fourth-order valence-corrected chi connectivity index (χ4v) is 6.38. The van der Waals surface area contributed by atoms with Crippen molar-refractivity contribution in [3.05, 3.63) is 65.2 Å². The van der Waals surface area contributed by atoms with E-state index in [2.05, 4.69) is 5.32 Å². The van der Waals surface area contributed by atoms with Crippen LogP contribution in [0.2, 0.25) is 0 Å². The minimum absolute atomic E-state index is 0.0399. The monoisotopic (exact) mass is 525 g/mol. The van der Waals surface area contributed by atoms with E-state index in [1.54, 1.807) is 7.05 Å². The summed E-state index contributed by atoms with van der Waals surface area (Å²) < 4.78 is 73.9. The van der Waals surface area contributed by atoms with Gasteiger partial charge >= 0.3 is 6.18 Å². The second-order valence-electron chi connectivity index (χ2n) is 10.0. The van der Waals surface area contributed by atoms with E-state index in [1.807, 2.05) is 49.3 Å². The average Bonchev–Trinajstić information content (AvgIpc) is 2.82. The normalized spacial score (nSPS) is 24.3. The van der Waals surface area contributed by atoms with Crippen molar-refractivity contribution in [3.63, 3.8) is 0 Å². The molecule has 2 aromatic carbocycles. The van der Waals surface area contributed by atoms with E-state index in [4.69, 9.17) is 4.74 Å². The average molecular weight is 526 g/mol. The summed E-state index contributed by atoms with van der Waals surface area (Å²) in [6.45, 7) is 0.841. The molecule has 2 heterocycles. The molecule has 1 saturated heterocycles. The Labute approximate surface area is 211 Å². The first kappa shape index (κ1) is 26.9. The standard InChI is InChI=1S/C26H34F3N3O3S/c1-31(2)14-7-15-36(33,34)32(3)17-20-11-12-21-24(18-8-5-4-6-9-18)30-23-13-10-19(26(27,28)29)16-22(23)25(21)35-20/h4-6,8-10,13,16,20-21,24-25,30H,7,11-12,14-15,17H2,1-3H3/t20-,21+,24+,25+/m1/s1. The molecular formula is C26H34F3N3O3S. The predicted molar refractivity (Wildman–Crippen MR) is 134 cm³/mol. The molecule has 198 valence electrons. The third-order valence-electron chi connectivity index (χ3n) is 7.08. The third-order valence-corrected chi connectivity index (χ3v) is 8.98. The van der Waals surface area contributed by atoms with Gasteiger partial charge in [0, 0.05) is 30.8 Å². The van der Waals surface area contributed by atoms with Crippen molar-refractivity contribution < 1.29 is 26.3 Å². The van der Waals surface area contributed by atoms with Crippen LogP contribution in [0.15, 0.2) is 48.5 Å². The fourth-order valence-electron chi connectivity index (χ4n) is 5.18. The number of rotatable bonds is 8. The Morgan fingerprint density at radius 3 is 2.44 bits per heavy atom. The topological polar surface area (TPSA) is 61.9 Å². The summed E-state index contributed by atoms with van der Waals surface area (Å²) in [5.74, 6) is -0.0419. The van der Waals surface area contributed by atoms with Gasteiger partial charge in [0.15, 0.2) is 0 Å². The first-order chi connectivity index (χ1) is 17.0. The van der Waals surface area contributed by atoms with Gasteiger partial charge < -0.3 is 15.0 Å². The summed E-state index contributed by atoms with van der Waals surface area (Å²) in [7, 11) is 1.88. The predicted octanol–water partition coefficient (Wildman–Crippen LogP) is 4.92. The van der Waals surface area contributed by atoms with Crippen LogP contribution < -0.4 is 5.32 Å². The first-order valence-electron chi connectivity index (χ1n) is 12.2. The lowest BCUT2D eigenvalue weighted by Gasteiger charge is -2.46. The van der Waals surface area contributed by atoms with Gasteiger partial charge in [-0.1, -0.05) is 30.3 Å². The smallest absolute Gasteiger partial charge is 0.378 e. The van der Waals surface area contributed by atoms with Crippen LogP contribution in [0.5, 0.6) is 0 Å². The van der Waals surface area contributed by atoms with Crippen LogP contribution in [0.3, 0.4) is 0 Å². The second kappa shape index (κ2) is 10.7. The molecule has 0 spiro atoms. The van der Waals surface area contributed by atoms with Crippen LogP contribution in [0.4, 0.5) is 18.9 Å². The zero-order valence-electron chi connectivity index (χ0n) is 20.8. The molecule has 36 heavy (non-hydrogen) atoms. The molecule has 0 aromatic heterocycles. The summed E-state index contributed by atoms with van der Waals surface area (Å²) in [4.78, 5) is 1.94.